The number of carbonyl (C=O) groups excluding carboxylic acids is 1. The second-order valence-corrected chi connectivity index (χ2v) is 7.89. The molecule has 0 unspecified atom stereocenters. The van der Waals surface area contributed by atoms with E-state index in [-0.39, 0.29) is 5.91 Å². The Morgan fingerprint density at radius 3 is 2.89 bits per heavy atom. The van der Waals surface area contributed by atoms with Crippen molar-refractivity contribution in [3.8, 4) is 0 Å². The van der Waals surface area contributed by atoms with Gasteiger partial charge in [0.15, 0.2) is 5.82 Å². The van der Waals surface area contributed by atoms with Crippen molar-refractivity contribution < 1.29 is 9.21 Å². The molecule has 1 N–H and O–H groups in total. The van der Waals surface area contributed by atoms with Crippen LogP contribution in [-0.4, -0.2) is 45.2 Å². The zero-order valence-electron chi connectivity index (χ0n) is 16.8. The number of nitrogens with zero attached hydrogens (tertiary/aromatic N) is 4. The predicted octanol–water partition coefficient (Wildman–Crippen LogP) is 2.63. The summed E-state index contributed by atoms with van der Waals surface area (Å²) in [4.78, 5) is 15.0. The minimum Gasteiger partial charge on any atom is -0.466 e. The smallest absolute Gasteiger partial charge is 0.255 e. The molecule has 0 radical (unpaired) electrons. The molecule has 7 heteroatoms. The van der Waals surface area contributed by atoms with Gasteiger partial charge in [0.25, 0.3) is 5.91 Å². The van der Waals surface area contributed by atoms with E-state index in [1.165, 1.54) is 19.3 Å². The zero-order valence-corrected chi connectivity index (χ0v) is 16.8. The number of hydrogen-bond donors (Lipinski definition) is 1. The lowest BCUT2D eigenvalue weighted by atomic mass is 9.94. The van der Waals surface area contributed by atoms with E-state index in [0.717, 1.165) is 55.9 Å². The van der Waals surface area contributed by atoms with E-state index in [1.54, 1.807) is 6.07 Å². The summed E-state index contributed by atoms with van der Waals surface area (Å²) < 4.78 is 7.63. The standard InChI is InChI=1S/C21H29N5O2/c1-15-12-18(16(2)28-15)21(27)22-13-20-24-23-19-8-9-25(10-11-26(19)20)14-17-6-4-3-5-7-17/h3-4,12,17H,5-11,13-14H2,1-2H3,(H,22,27)/t17-/m1/s1. The van der Waals surface area contributed by atoms with Gasteiger partial charge in [0.1, 0.15) is 17.3 Å². The Kier molecular flexibility index (Phi) is 5.62. The van der Waals surface area contributed by atoms with Crippen molar-refractivity contribution >= 4 is 5.91 Å². The van der Waals surface area contributed by atoms with E-state index < -0.39 is 0 Å². The first kappa shape index (κ1) is 18.9. The molecule has 7 nitrogen and oxygen atoms in total. The van der Waals surface area contributed by atoms with E-state index in [1.807, 2.05) is 13.8 Å². The van der Waals surface area contributed by atoms with Gasteiger partial charge < -0.3 is 19.2 Å². The van der Waals surface area contributed by atoms with Gasteiger partial charge in [0.05, 0.1) is 12.1 Å². The van der Waals surface area contributed by atoms with Gasteiger partial charge in [-0.2, -0.15) is 0 Å². The third kappa shape index (κ3) is 4.19. The van der Waals surface area contributed by atoms with Crippen LogP contribution in [0, 0.1) is 19.8 Å². The van der Waals surface area contributed by atoms with Crippen molar-refractivity contribution in [1.82, 2.24) is 25.0 Å². The fraction of sp³-hybridized carbons (Fsp3) is 0.571. The summed E-state index contributed by atoms with van der Waals surface area (Å²) in [6.07, 6.45) is 9.24. The Labute approximate surface area is 165 Å². The molecule has 4 rings (SSSR count). The second-order valence-electron chi connectivity index (χ2n) is 7.89. The van der Waals surface area contributed by atoms with E-state index >= 15 is 0 Å². The van der Waals surface area contributed by atoms with Gasteiger partial charge in [-0.15, -0.1) is 10.2 Å². The van der Waals surface area contributed by atoms with Gasteiger partial charge in [-0.3, -0.25) is 4.79 Å². The first-order valence-corrected chi connectivity index (χ1v) is 10.2. The topological polar surface area (TPSA) is 76.2 Å². The predicted molar refractivity (Wildman–Crippen MR) is 106 cm³/mol. The Balaban J connectivity index is 1.35. The first-order valence-electron chi connectivity index (χ1n) is 10.2. The Morgan fingerprint density at radius 1 is 1.25 bits per heavy atom. The Morgan fingerprint density at radius 2 is 2.14 bits per heavy atom. The highest BCUT2D eigenvalue weighted by Gasteiger charge is 2.22. The first-order chi connectivity index (χ1) is 13.6. The van der Waals surface area contributed by atoms with Gasteiger partial charge in [-0.05, 0) is 45.1 Å². The van der Waals surface area contributed by atoms with Crippen LogP contribution in [0.25, 0.3) is 0 Å². The monoisotopic (exact) mass is 383 g/mol. The molecule has 28 heavy (non-hydrogen) atoms. The van der Waals surface area contributed by atoms with E-state index in [0.29, 0.717) is 17.9 Å². The van der Waals surface area contributed by atoms with E-state index in [9.17, 15) is 4.79 Å². The average Bonchev–Trinajstić information content (AvgIpc) is 3.18. The van der Waals surface area contributed by atoms with Crippen molar-refractivity contribution in [3.05, 3.63) is 47.0 Å². The number of carbonyl (C=O) groups is 1. The Bertz CT molecular complexity index is 866. The lowest BCUT2D eigenvalue weighted by Gasteiger charge is -2.26. The van der Waals surface area contributed by atoms with Gasteiger partial charge in [-0.25, -0.2) is 0 Å². The summed E-state index contributed by atoms with van der Waals surface area (Å²) in [5.74, 6) is 3.87. The summed E-state index contributed by atoms with van der Waals surface area (Å²) in [6, 6.07) is 1.77. The average molecular weight is 383 g/mol. The minimum absolute atomic E-state index is 0.132. The highest BCUT2D eigenvalue weighted by Crippen LogP contribution is 2.20. The number of aryl methyl sites for hydroxylation is 2. The number of hydrogen-bond acceptors (Lipinski definition) is 5. The van der Waals surface area contributed by atoms with Gasteiger partial charge in [-0.1, -0.05) is 12.2 Å². The summed E-state index contributed by atoms with van der Waals surface area (Å²) in [6.45, 7) is 8.10. The van der Waals surface area contributed by atoms with Crippen molar-refractivity contribution in [3.63, 3.8) is 0 Å². The van der Waals surface area contributed by atoms with Gasteiger partial charge in [0, 0.05) is 32.6 Å². The molecule has 0 saturated heterocycles. The molecule has 2 aliphatic rings. The number of allylic oxidation sites excluding steroid dienone is 2. The third-order valence-corrected chi connectivity index (χ3v) is 5.78. The third-order valence-electron chi connectivity index (χ3n) is 5.78. The maximum Gasteiger partial charge on any atom is 0.255 e. The molecule has 0 fully saturated rings. The molecule has 1 amide bonds. The number of aromatic nitrogens is 3. The highest BCUT2D eigenvalue weighted by molar-refractivity contribution is 5.95. The summed E-state index contributed by atoms with van der Waals surface area (Å²) in [5.41, 5.74) is 0.584. The normalized spacial score (nSPS) is 20.0. The number of rotatable bonds is 5. The maximum absolute atomic E-state index is 12.4. The largest absolute Gasteiger partial charge is 0.466 e. The molecule has 2 aromatic rings. The second kappa shape index (κ2) is 8.31. The summed E-state index contributed by atoms with van der Waals surface area (Å²) >= 11 is 0. The van der Waals surface area contributed by atoms with Gasteiger partial charge >= 0.3 is 0 Å². The minimum atomic E-state index is -0.132. The lowest BCUT2D eigenvalue weighted by molar-refractivity contribution is 0.0948. The van der Waals surface area contributed by atoms with Crippen LogP contribution >= 0.6 is 0 Å². The molecular weight excluding hydrogens is 354 g/mol. The molecule has 0 spiro atoms. The molecule has 1 atom stereocenters. The molecule has 150 valence electrons. The molecule has 3 heterocycles. The van der Waals surface area contributed by atoms with Crippen molar-refractivity contribution in [2.75, 3.05) is 19.6 Å². The molecule has 0 bridgehead atoms. The molecular formula is C21H29N5O2. The number of furan rings is 1. The lowest BCUT2D eigenvalue weighted by Crippen LogP contribution is -2.33. The summed E-state index contributed by atoms with van der Waals surface area (Å²) in [7, 11) is 0. The van der Waals surface area contributed by atoms with Gasteiger partial charge in [0.2, 0.25) is 0 Å². The van der Waals surface area contributed by atoms with Crippen LogP contribution < -0.4 is 5.32 Å². The molecule has 0 saturated carbocycles. The van der Waals surface area contributed by atoms with Crippen LogP contribution in [-0.2, 0) is 19.5 Å². The molecule has 0 aromatic carbocycles. The van der Waals surface area contributed by atoms with Crippen LogP contribution in [0.4, 0.5) is 0 Å². The summed E-state index contributed by atoms with van der Waals surface area (Å²) in [5, 5.41) is 11.7. The SMILES string of the molecule is Cc1cc(C(=O)NCc2nnc3n2CCN(C[C@@H]2CC=CCC2)CC3)c(C)o1. The number of amides is 1. The quantitative estimate of drug-likeness (QED) is 0.804. The van der Waals surface area contributed by atoms with Crippen LogP contribution in [0.5, 0.6) is 0 Å². The molecule has 1 aliphatic carbocycles. The van der Waals surface area contributed by atoms with E-state index in [4.69, 9.17) is 4.42 Å². The zero-order chi connectivity index (χ0) is 19.5. The van der Waals surface area contributed by atoms with Crippen molar-refractivity contribution in [1.29, 1.82) is 0 Å². The number of fused-ring (bicyclic) bond motifs is 1. The fourth-order valence-electron chi connectivity index (χ4n) is 4.24. The maximum atomic E-state index is 12.4. The van der Waals surface area contributed by atoms with Crippen LogP contribution in [0.2, 0.25) is 0 Å². The highest BCUT2D eigenvalue weighted by atomic mass is 16.3. The fourth-order valence-corrected chi connectivity index (χ4v) is 4.24. The van der Waals surface area contributed by atoms with Crippen LogP contribution in [0.1, 0.15) is 52.8 Å². The van der Waals surface area contributed by atoms with Crippen molar-refractivity contribution in [2.24, 2.45) is 5.92 Å². The molecule has 2 aromatic heterocycles. The number of nitrogens with one attached hydrogen (secondary N) is 1. The van der Waals surface area contributed by atoms with Crippen LogP contribution in [0.3, 0.4) is 0 Å². The Hall–Kier alpha value is -2.41. The van der Waals surface area contributed by atoms with E-state index in [2.05, 4.69) is 37.1 Å². The molecule has 1 aliphatic heterocycles. The van der Waals surface area contributed by atoms with Crippen molar-refractivity contribution in [2.45, 2.75) is 52.6 Å². The van der Waals surface area contributed by atoms with Crippen LogP contribution in [0.15, 0.2) is 22.6 Å².